The van der Waals surface area contributed by atoms with Crippen molar-refractivity contribution in [3.63, 3.8) is 0 Å². The van der Waals surface area contributed by atoms with E-state index in [1.54, 1.807) is 0 Å². The van der Waals surface area contributed by atoms with Crippen LogP contribution in [0.4, 0.5) is 4.79 Å². The zero-order chi connectivity index (χ0) is 11.5. The van der Waals surface area contributed by atoms with Gasteiger partial charge in [-0.15, -0.1) is 0 Å². The van der Waals surface area contributed by atoms with E-state index in [9.17, 15) is 4.79 Å². The molecule has 0 heterocycles. The molecule has 0 spiro atoms. The van der Waals surface area contributed by atoms with E-state index in [2.05, 4.69) is 21.2 Å². The standard InChI is InChI=1S/C11H20BrNO2/c1-11(2,3)15-10(14)13-9-7-5-4-6-8(9)12/h8-9H,4-7H2,1-3H3,(H,13,14)/t8-,9+/m0/s1. The highest BCUT2D eigenvalue weighted by Gasteiger charge is 2.26. The van der Waals surface area contributed by atoms with E-state index >= 15 is 0 Å². The van der Waals surface area contributed by atoms with Crippen LogP contribution in [0.3, 0.4) is 0 Å². The first kappa shape index (κ1) is 12.8. The molecule has 1 aliphatic carbocycles. The number of alkyl halides is 1. The van der Waals surface area contributed by atoms with Crippen LogP contribution in [-0.4, -0.2) is 22.6 Å². The third-order valence-corrected chi connectivity index (χ3v) is 3.48. The fraction of sp³-hybridized carbons (Fsp3) is 0.909. The first-order chi connectivity index (χ1) is 6.88. The van der Waals surface area contributed by atoms with E-state index in [1.807, 2.05) is 20.8 Å². The third-order valence-electron chi connectivity index (χ3n) is 2.38. The van der Waals surface area contributed by atoms with E-state index in [0.29, 0.717) is 4.83 Å². The molecule has 1 N–H and O–H groups in total. The summed E-state index contributed by atoms with van der Waals surface area (Å²) in [6.07, 6.45) is 4.28. The third kappa shape index (κ3) is 4.87. The maximum absolute atomic E-state index is 11.5. The highest BCUT2D eigenvalue weighted by atomic mass is 79.9. The molecule has 88 valence electrons. The van der Waals surface area contributed by atoms with Gasteiger partial charge in [0.1, 0.15) is 5.60 Å². The van der Waals surface area contributed by atoms with Gasteiger partial charge in [-0.05, 0) is 33.6 Å². The van der Waals surface area contributed by atoms with Gasteiger partial charge in [-0.2, -0.15) is 0 Å². The highest BCUT2D eigenvalue weighted by molar-refractivity contribution is 9.09. The Morgan fingerprint density at radius 1 is 1.33 bits per heavy atom. The molecule has 1 amide bonds. The second kappa shape index (κ2) is 5.19. The van der Waals surface area contributed by atoms with Crippen LogP contribution in [-0.2, 0) is 4.74 Å². The molecule has 2 atom stereocenters. The Bertz CT molecular complexity index is 225. The summed E-state index contributed by atoms with van der Waals surface area (Å²) in [6, 6.07) is 0.216. The largest absolute Gasteiger partial charge is 0.444 e. The Hall–Kier alpha value is -0.250. The van der Waals surface area contributed by atoms with E-state index in [-0.39, 0.29) is 12.1 Å². The zero-order valence-electron chi connectivity index (χ0n) is 9.68. The number of hydrogen-bond acceptors (Lipinski definition) is 2. The minimum Gasteiger partial charge on any atom is -0.444 e. The molecule has 0 unspecified atom stereocenters. The first-order valence-electron chi connectivity index (χ1n) is 5.52. The molecule has 0 radical (unpaired) electrons. The van der Waals surface area contributed by atoms with Gasteiger partial charge in [0, 0.05) is 10.9 Å². The van der Waals surface area contributed by atoms with Crippen molar-refractivity contribution in [2.24, 2.45) is 0 Å². The number of halogens is 1. The van der Waals surface area contributed by atoms with Gasteiger partial charge in [0.2, 0.25) is 0 Å². The van der Waals surface area contributed by atoms with Crippen molar-refractivity contribution < 1.29 is 9.53 Å². The van der Waals surface area contributed by atoms with Crippen molar-refractivity contribution in [2.75, 3.05) is 0 Å². The van der Waals surface area contributed by atoms with Gasteiger partial charge in [-0.3, -0.25) is 0 Å². The number of amides is 1. The summed E-state index contributed by atoms with van der Waals surface area (Å²) in [5, 5.41) is 2.92. The Kier molecular flexibility index (Phi) is 4.44. The lowest BCUT2D eigenvalue weighted by Crippen LogP contribution is -2.44. The average Bonchev–Trinajstić information content (AvgIpc) is 2.05. The lowest BCUT2D eigenvalue weighted by molar-refractivity contribution is 0.0496. The second-order valence-electron chi connectivity index (χ2n) is 5.05. The summed E-state index contributed by atoms with van der Waals surface area (Å²) in [6.45, 7) is 5.62. The van der Waals surface area contributed by atoms with Crippen molar-refractivity contribution in [1.29, 1.82) is 0 Å². The number of nitrogens with one attached hydrogen (secondary N) is 1. The predicted octanol–water partition coefficient (Wildman–Crippen LogP) is 3.22. The molecule has 0 aliphatic heterocycles. The van der Waals surface area contributed by atoms with Gasteiger partial charge >= 0.3 is 6.09 Å². The number of hydrogen-bond donors (Lipinski definition) is 1. The quantitative estimate of drug-likeness (QED) is 0.748. The summed E-state index contributed by atoms with van der Waals surface area (Å²) in [5.41, 5.74) is -0.416. The number of carbonyl (C=O) groups is 1. The molecule has 15 heavy (non-hydrogen) atoms. The van der Waals surface area contributed by atoms with E-state index in [4.69, 9.17) is 4.74 Å². The smallest absolute Gasteiger partial charge is 0.407 e. The summed E-state index contributed by atoms with van der Waals surface area (Å²) >= 11 is 3.59. The van der Waals surface area contributed by atoms with Crippen LogP contribution in [0.15, 0.2) is 0 Å². The second-order valence-corrected chi connectivity index (χ2v) is 6.23. The van der Waals surface area contributed by atoms with E-state index in [0.717, 1.165) is 12.8 Å². The summed E-state index contributed by atoms with van der Waals surface area (Å²) in [5.74, 6) is 0. The lowest BCUT2D eigenvalue weighted by Gasteiger charge is -2.29. The van der Waals surface area contributed by atoms with Crippen LogP contribution in [0.25, 0.3) is 0 Å². The first-order valence-corrected chi connectivity index (χ1v) is 6.43. The molecular formula is C11H20BrNO2. The molecule has 1 aliphatic rings. The number of ether oxygens (including phenoxy) is 1. The Morgan fingerprint density at radius 2 is 1.93 bits per heavy atom. The SMILES string of the molecule is CC(C)(C)OC(=O)N[C@@H]1CCCC[C@@H]1Br. The van der Waals surface area contributed by atoms with Crippen LogP contribution in [0, 0.1) is 0 Å². The lowest BCUT2D eigenvalue weighted by atomic mass is 9.95. The molecule has 0 aromatic heterocycles. The van der Waals surface area contributed by atoms with Gasteiger partial charge in [0.15, 0.2) is 0 Å². The molecule has 0 bridgehead atoms. The number of rotatable bonds is 1. The normalized spacial score (nSPS) is 27.2. The molecule has 1 rings (SSSR count). The molecule has 0 aromatic rings. The molecule has 0 saturated heterocycles. The number of alkyl carbamates (subject to hydrolysis) is 1. The summed E-state index contributed by atoms with van der Waals surface area (Å²) in [4.78, 5) is 11.9. The van der Waals surface area contributed by atoms with Crippen molar-refractivity contribution in [2.45, 2.75) is 62.9 Å². The maximum atomic E-state index is 11.5. The average molecular weight is 278 g/mol. The van der Waals surface area contributed by atoms with Crippen molar-refractivity contribution in [1.82, 2.24) is 5.32 Å². The molecule has 1 fully saturated rings. The van der Waals surface area contributed by atoms with Crippen molar-refractivity contribution in [3.8, 4) is 0 Å². The summed E-state index contributed by atoms with van der Waals surface area (Å²) in [7, 11) is 0. The molecule has 1 saturated carbocycles. The summed E-state index contributed by atoms with van der Waals surface area (Å²) < 4.78 is 5.22. The Labute approximate surface area is 100 Å². The highest BCUT2D eigenvalue weighted by Crippen LogP contribution is 2.24. The van der Waals surface area contributed by atoms with Gasteiger partial charge in [-0.1, -0.05) is 28.8 Å². The van der Waals surface area contributed by atoms with Crippen LogP contribution in [0.1, 0.15) is 46.5 Å². The minimum atomic E-state index is -0.416. The predicted molar refractivity (Wildman–Crippen MR) is 64.3 cm³/mol. The molecule has 4 heteroatoms. The Morgan fingerprint density at radius 3 is 2.47 bits per heavy atom. The number of carbonyl (C=O) groups excluding carboxylic acids is 1. The van der Waals surface area contributed by atoms with Gasteiger partial charge in [0.25, 0.3) is 0 Å². The topological polar surface area (TPSA) is 38.3 Å². The molecule has 3 nitrogen and oxygen atoms in total. The van der Waals surface area contributed by atoms with Crippen LogP contribution >= 0.6 is 15.9 Å². The zero-order valence-corrected chi connectivity index (χ0v) is 11.3. The fourth-order valence-corrected chi connectivity index (χ4v) is 2.43. The van der Waals surface area contributed by atoms with Crippen LogP contribution < -0.4 is 5.32 Å². The van der Waals surface area contributed by atoms with Crippen LogP contribution in [0.5, 0.6) is 0 Å². The monoisotopic (exact) mass is 277 g/mol. The fourth-order valence-electron chi connectivity index (χ4n) is 1.71. The van der Waals surface area contributed by atoms with Crippen LogP contribution in [0.2, 0.25) is 0 Å². The van der Waals surface area contributed by atoms with Gasteiger partial charge < -0.3 is 10.1 Å². The van der Waals surface area contributed by atoms with Gasteiger partial charge in [0.05, 0.1) is 0 Å². The Balaban J connectivity index is 2.36. The minimum absolute atomic E-state index is 0.216. The molecule has 0 aromatic carbocycles. The van der Waals surface area contributed by atoms with Crippen molar-refractivity contribution in [3.05, 3.63) is 0 Å². The van der Waals surface area contributed by atoms with Crippen molar-refractivity contribution >= 4 is 22.0 Å². The maximum Gasteiger partial charge on any atom is 0.407 e. The van der Waals surface area contributed by atoms with E-state index < -0.39 is 5.60 Å². The van der Waals surface area contributed by atoms with Gasteiger partial charge in [-0.25, -0.2) is 4.79 Å². The van der Waals surface area contributed by atoms with E-state index in [1.165, 1.54) is 12.8 Å². The molecular weight excluding hydrogens is 258 g/mol.